The quantitative estimate of drug-likeness (QED) is 0.316. The molecule has 2 bridgehead atoms. The largest absolute Gasteiger partial charge is 0.274 e. The van der Waals surface area contributed by atoms with Crippen LogP contribution in [0.3, 0.4) is 0 Å². The van der Waals surface area contributed by atoms with Crippen LogP contribution in [-0.4, -0.2) is 23.6 Å². The fourth-order valence-corrected chi connectivity index (χ4v) is 8.41. The first-order valence-corrected chi connectivity index (χ1v) is 14.7. The van der Waals surface area contributed by atoms with Crippen molar-refractivity contribution in [1.82, 2.24) is 0 Å². The second-order valence-electron chi connectivity index (χ2n) is 12.4. The monoisotopic (exact) mass is 554 g/mol. The number of amides is 4. The number of anilines is 2. The van der Waals surface area contributed by atoms with E-state index in [1.54, 1.807) is 0 Å². The third-order valence-corrected chi connectivity index (χ3v) is 10.2. The molecule has 3 fully saturated rings. The summed E-state index contributed by atoms with van der Waals surface area (Å²) in [5, 5.41) is 0. The summed E-state index contributed by atoms with van der Waals surface area (Å²) in [4.78, 5) is 59.2. The van der Waals surface area contributed by atoms with Gasteiger partial charge in [-0.25, -0.2) is 0 Å². The van der Waals surface area contributed by atoms with E-state index in [1.165, 1.54) is 9.80 Å². The second-order valence-corrected chi connectivity index (χ2v) is 12.4. The van der Waals surface area contributed by atoms with Crippen molar-refractivity contribution < 1.29 is 19.2 Å². The Bertz CT molecular complexity index is 1740. The summed E-state index contributed by atoms with van der Waals surface area (Å²) >= 11 is 0. The first kappa shape index (κ1) is 25.2. The highest BCUT2D eigenvalue weighted by atomic mass is 16.2. The Labute approximate surface area is 244 Å². The van der Waals surface area contributed by atoms with E-state index < -0.39 is 23.7 Å². The average molecular weight is 555 g/mol. The summed E-state index contributed by atoms with van der Waals surface area (Å²) in [5.41, 5.74) is 6.38. The van der Waals surface area contributed by atoms with Gasteiger partial charge in [0.05, 0.1) is 35.0 Å². The zero-order valence-electron chi connectivity index (χ0n) is 23.4. The lowest BCUT2D eigenvalue weighted by atomic mass is 9.49. The summed E-state index contributed by atoms with van der Waals surface area (Å²) in [6.45, 7) is 3.95. The highest BCUT2D eigenvalue weighted by molar-refractivity contribution is 6.24. The van der Waals surface area contributed by atoms with Crippen LogP contribution in [0.5, 0.6) is 0 Å². The van der Waals surface area contributed by atoms with Gasteiger partial charge in [-0.1, -0.05) is 83.4 Å². The van der Waals surface area contributed by atoms with Gasteiger partial charge in [-0.15, -0.1) is 0 Å². The van der Waals surface area contributed by atoms with E-state index in [9.17, 15) is 19.2 Å². The normalized spacial score (nSPS) is 31.1. The maximum Gasteiger partial charge on any atom is 0.238 e. The van der Waals surface area contributed by atoms with E-state index in [4.69, 9.17) is 0 Å². The van der Waals surface area contributed by atoms with Crippen LogP contribution >= 0.6 is 0 Å². The molecule has 0 spiro atoms. The topological polar surface area (TPSA) is 74.8 Å². The molecule has 4 aliphatic carbocycles. The number of carbonyl (C=O) groups excluding carboxylic acids is 4. The van der Waals surface area contributed by atoms with Crippen molar-refractivity contribution in [3.63, 3.8) is 0 Å². The third-order valence-electron chi connectivity index (χ3n) is 10.2. The third kappa shape index (κ3) is 3.32. The van der Waals surface area contributed by atoms with Crippen molar-refractivity contribution in [1.29, 1.82) is 0 Å². The smallest absolute Gasteiger partial charge is 0.238 e. The van der Waals surface area contributed by atoms with E-state index >= 15 is 0 Å². The molecule has 0 N–H and O–H groups in total. The molecule has 4 amide bonds. The maximum absolute atomic E-state index is 14.3. The summed E-state index contributed by atoms with van der Waals surface area (Å²) in [6, 6.07) is 25.0. The molecule has 6 heteroatoms. The summed E-state index contributed by atoms with van der Waals surface area (Å²) < 4.78 is 0. The van der Waals surface area contributed by atoms with Crippen LogP contribution < -0.4 is 9.80 Å². The van der Waals surface area contributed by atoms with Gasteiger partial charge in [0.15, 0.2) is 0 Å². The highest BCUT2D eigenvalue weighted by Gasteiger charge is 2.67. The molecule has 0 radical (unpaired) electrons. The van der Waals surface area contributed by atoms with Gasteiger partial charge < -0.3 is 0 Å². The van der Waals surface area contributed by atoms with Crippen molar-refractivity contribution in [3.8, 4) is 0 Å². The van der Waals surface area contributed by atoms with Crippen molar-refractivity contribution >= 4 is 40.6 Å². The molecule has 0 unspecified atom stereocenters. The Hall–Kier alpha value is -4.58. The van der Waals surface area contributed by atoms with Crippen LogP contribution in [0.1, 0.15) is 23.1 Å². The molecule has 9 rings (SSSR count). The summed E-state index contributed by atoms with van der Waals surface area (Å²) in [7, 11) is 0. The van der Waals surface area contributed by atoms with Crippen molar-refractivity contribution in [2.45, 2.75) is 20.3 Å². The molecule has 2 saturated heterocycles. The summed E-state index contributed by atoms with van der Waals surface area (Å²) in [6.07, 6.45) is 4.58. The lowest BCUT2D eigenvalue weighted by Crippen LogP contribution is -2.51. The minimum Gasteiger partial charge on any atom is -0.274 e. The number of benzene rings is 3. The molecule has 0 aromatic heterocycles. The molecule has 6 nitrogen and oxygen atoms in total. The Kier molecular flexibility index (Phi) is 5.37. The molecular weight excluding hydrogens is 524 g/mol. The van der Waals surface area contributed by atoms with Gasteiger partial charge in [0.2, 0.25) is 23.6 Å². The highest BCUT2D eigenvalue weighted by Crippen LogP contribution is 2.63. The van der Waals surface area contributed by atoms with Crippen LogP contribution in [0.2, 0.25) is 0 Å². The number of aryl methyl sites for hydroxylation is 2. The van der Waals surface area contributed by atoms with Gasteiger partial charge in [0.1, 0.15) is 0 Å². The number of fused-ring (bicyclic) bond motifs is 1. The van der Waals surface area contributed by atoms with Crippen molar-refractivity contribution in [3.05, 3.63) is 113 Å². The molecule has 2 aliphatic heterocycles. The predicted molar refractivity (Wildman–Crippen MR) is 159 cm³/mol. The average Bonchev–Trinajstić information content (AvgIpc) is 3.43. The van der Waals surface area contributed by atoms with Gasteiger partial charge in [-0.3, -0.25) is 29.0 Å². The molecule has 7 atom stereocenters. The molecule has 6 aliphatic rings. The first-order valence-electron chi connectivity index (χ1n) is 14.7. The fraction of sp³-hybridized carbons (Fsp3) is 0.278. The Morgan fingerprint density at radius 3 is 1.74 bits per heavy atom. The van der Waals surface area contributed by atoms with Crippen LogP contribution in [0.25, 0.3) is 5.57 Å². The van der Waals surface area contributed by atoms with E-state index in [1.807, 2.05) is 92.7 Å². The number of allylic oxidation sites excluding steroid dienone is 4. The zero-order chi connectivity index (χ0) is 28.9. The lowest BCUT2D eigenvalue weighted by Gasteiger charge is -2.51. The van der Waals surface area contributed by atoms with E-state index in [-0.39, 0.29) is 41.4 Å². The van der Waals surface area contributed by atoms with Gasteiger partial charge in [-0.05, 0) is 61.6 Å². The summed E-state index contributed by atoms with van der Waals surface area (Å²) in [5.74, 6) is -3.90. The molecule has 1 saturated carbocycles. The zero-order valence-corrected chi connectivity index (χ0v) is 23.4. The maximum atomic E-state index is 14.3. The van der Waals surface area contributed by atoms with E-state index in [0.717, 1.165) is 27.8 Å². The predicted octanol–water partition coefficient (Wildman–Crippen LogP) is 5.50. The minimum atomic E-state index is -0.573. The standard InChI is InChI=1S/C36H30N2O4/c1-19-8-12-22(13-9-19)37-33(39)27-18-26(21-6-4-3-5-7-21)28-24-16-17-25(29(28)32(27)36(37)42)31-30(24)34(40)38(35(31)41)23-14-10-20(2)11-15-23/h3-17,24-25,27,29-32H,18H2,1-2H3/t24-,25-,27-,29+,30-,31+,32-/m1/s1. The van der Waals surface area contributed by atoms with Crippen LogP contribution in [0.4, 0.5) is 11.4 Å². The first-order chi connectivity index (χ1) is 20.3. The van der Waals surface area contributed by atoms with Crippen LogP contribution in [-0.2, 0) is 19.2 Å². The minimum absolute atomic E-state index is 0.177. The Morgan fingerprint density at radius 1 is 0.571 bits per heavy atom. The Balaban J connectivity index is 1.28. The van der Waals surface area contributed by atoms with Gasteiger partial charge >= 0.3 is 0 Å². The van der Waals surface area contributed by atoms with Crippen LogP contribution in [0.15, 0.2) is 96.6 Å². The van der Waals surface area contributed by atoms with Crippen molar-refractivity contribution in [2.75, 3.05) is 9.80 Å². The molecule has 42 heavy (non-hydrogen) atoms. The van der Waals surface area contributed by atoms with E-state index in [2.05, 4.69) is 12.2 Å². The van der Waals surface area contributed by atoms with Crippen molar-refractivity contribution in [2.24, 2.45) is 41.4 Å². The van der Waals surface area contributed by atoms with Gasteiger partial charge in [0.25, 0.3) is 0 Å². The molecular formula is C36H30N2O4. The van der Waals surface area contributed by atoms with Crippen LogP contribution in [0, 0.1) is 55.3 Å². The van der Waals surface area contributed by atoms with Gasteiger partial charge in [0, 0.05) is 11.8 Å². The number of imide groups is 2. The molecule has 3 aromatic carbocycles. The van der Waals surface area contributed by atoms with E-state index in [0.29, 0.717) is 17.8 Å². The number of rotatable bonds is 3. The number of nitrogens with zero attached hydrogens (tertiary/aromatic N) is 2. The SMILES string of the molecule is Cc1ccc(N2C(=O)[C@H]3[C@@H]4C=C[C@H](C5=C(c6ccccc6)C[C@H]6C(=O)N(c7ccc(C)cc7)C(=O)[C@H]6[C@H]54)[C@H]3C2=O)cc1. The molecule has 2 heterocycles. The van der Waals surface area contributed by atoms with Gasteiger partial charge in [-0.2, -0.15) is 0 Å². The fourth-order valence-electron chi connectivity index (χ4n) is 8.41. The number of carbonyl (C=O) groups is 4. The Morgan fingerprint density at radius 2 is 1.12 bits per heavy atom. The number of hydrogen-bond donors (Lipinski definition) is 0. The molecule has 3 aromatic rings. The second kappa shape index (κ2) is 8.96. The lowest BCUT2D eigenvalue weighted by molar-refractivity contribution is -0.129. The molecule has 208 valence electrons. The number of hydrogen-bond acceptors (Lipinski definition) is 4.